The maximum absolute atomic E-state index is 12.6. The molecular formula is C17H32O5S. The zero-order chi connectivity index (χ0) is 18.5. The summed E-state index contributed by atoms with van der Waals surface area (Å²) in [6.07, 6.45) is -0.198. The van der Waals surface area contributed by atoms with Gasteiger partial charge in [0.05, 0.1) is 5.41 Å². The molecule has 0 saturated heterocycles. The summed E-state index contributed by atoms with van der Waals surface area (Å²) >= 11 is 4.58. The molecule has 0 heterocycles. The normalized spacial score (nSPS) is 16.4. The molecule has 0 aliphatic carbocycles. The predicted octanol–water partition coefficient (Wildman–Crippen LogP) is 2.99. The Hall–Kier alpha value is -0.750. The molecule has 0 saturated carbocycles. The molecule has 0 bridgehead atoms. The summed E-state index contributed by atoms with van der Waals surface area (Å²) in [4.78, 5) is 23.6. The molecule has 6 heteroatoms. The Kier molecular flexibility index (Phi) is 8.10. The van der Waals surface area contributed by atoms with Gasteiger partial charge in [-0.25, -0.2) is 0 Å². The van der Waals surface area contributed by atoms with E-state index in [1.807, 2.05) is 20.8 Å². The van der Waals surface area contributed by atoms with Crippen LogP contribution in [0.2, 0.25) is 0 Å². The number of aliphatic hydroxyl groups is 1. The molecule has 0 aliphatic rings. The second kappa shape index (κ2) is 8.38. The minimum absolute atomic E-state index is 0.0803. The van der Waals surface area contributed by atoms with Crippen LogP contribution in [0.4, 0.5) is 0 Å². The first-order chi connectivity index (χ1) is 10.2. The first-order valence-corrected chi connectivity index (χ1v) is 8.41. The van der Waals surface area contributed by atoms with Gasteiger partial charge in [0.2, 0.25) is 0 Å². The smallest absolute Gasteiger partial charge is 0.313 e. The molecule has 0 aromatic heterocycles. The van der Waals surface area contributed by atoms with Crippen molar-refractivity contribution in [3.8, 4) is 0 Å². The van der Waals surface area contributed by atoms with Gasteiger partial charge in [-0.05, 0) is 32.6 Å². The van der Waals surface area contributed by atoms with Crippen molar-refractivity contribution in [2.24, 2.45) is 10.8 Å². The highest BCUT2D eigenvalue weighted by Gasteiger charge is 2.48. The molecule has 2 atom stereocenters. The molecule has 0 spiro atoms. The first kappa shape index (κ1) is 22.2. The number of hydrogen-bond donors (Lipinski definition) is 2. The summed E-state index contributed by atoms with van der Waals surface area (Å²) in [6.45, 7) is 13.0. The fourth-order valence-corrected chi connectivity index (χ4v) is 2.44. The van der Waals surface area contributed by atoms with Crippen LogP contribution in [0.25, 0.3) is 0 Å². The zero-order valence-corrected chi connectivity index (χ0v) is 16.3. The summed E-state index contributed by atoms with van der Waals surface area (Å²) in [7, 11) is 0. The molecule has 23 heavy (non-hydrogen) atoms. The highest BCUT2D eigenvalue weighted by Crippen LogP contribution is 2.45. The van der Waals surface area contributed by atoms with Crippen molar-refractivity contribution < 1.29 is 24.2 Å². The zero-order valence-electron chi connectivity index (χ0n) is 15.4. The van der Waals surface area contributed by atoms with E-state index in [0.29, 0.717) is 6.42 Å². The van der Waals surface area contributed by atoms with E-state index in [1.165, 1.54) is 0 Å². The van der Waals surface area contributed by atoms with Crippen LogP contribution in [0.15, 0.2) is 0 Å². The van der Waals surface area contributed by atoms with Crippen molar-refractivity contribution >= 4 is 24.6 Å². The molecule has 0 radical (unpaired) electrons. The summed E-state index contributed by atoms with van der Waals surface area (Å²) in [5.74, 6) is -0.808. The second-order valence-electron chi connectivity index (χ2n) is 7.92. The van der Waals surface area contributed by atoms with Crippen LogP contribution >= 0.6 is 12.6 Å². The van der Waals surface area contributed by atoms with E-state index in [1.54, 1.807) is 6.92 Å². The van der Waals surface area contributed by atoms with Gasteiger partial charge in [0.25, 0.3) is 0 Å². The standard InChI is InChI=1S/C17H32O5S/c1-8-13(19)21-9-12(18)10-22-14(20)17(7,16(5,6)23)11-15(2,3)4/h12,18,23H,8-11H2,1-7H3. The first-order valence-electron chi connectivity index (χ1n) is 7.96. The number of thiol groups is 1. The Balaban J connectivity index is 4.78. The lowest BCUT2D eigenvalue weighted by Gasteiger charge is -2.42. The van der Waals surface area contributed by atoms with Crippen molar-refractivity contribution in [2.75, 3.05) is 13.2 Å². The molecule has 0 aromatic carbocycles. The number of carbonyl (C=O) groups is 2. The Morgan fingerprint density at radius 2 is 1.52 bits per heavy atom. The van der Waals surface area contributed by atoms with Gasteiger partial charge >= 0.3 is 11.9 Å². The van der Waals surface area contributed by atoms with E-state index < -0.39 is 28.2 Å². The largest absolute Gasteiger partial charge is 0.463 e. The van der Waals surface area contributed by atoms with Gasteiger partial charge in [-0.1, -0.05) is 27.7 Å². The summed E-state index contributed by atoms with van der Waals surface area (Å²) in [5, 5.41) is 9.77. The van der Waals surface area contributed by atoms with Gasteiger partial charge in [0.15, 0.2) is 0 Å². The van der Waals surface area contributed by atoms with E-state index in [0.717, 1.165) is 0 Å². The van der Waals surface area contributed by atoms with Crippen LogP contribution in [0, 0.1) is 10.8 Å². The minimum Gasteiger partial charge on any atom is -0.463 e. The second-order valence-corrected chi connectivity index (χ2v) is 9.04. The van der Waals surface area contributed by atoms with Crippen LogP contribution in [0.5, 0.6) is 0 Å². The monoisotopic (exact) mass is 348 g/mol. The molecule has 0 amide bonds. The maximum atomic E-state index is 12.6. The Morgan fingerprint density at radius 3 is 1.91 bits per heavy atom. The quantitative estimate of drug-likeness (QED) is 0.521. The SMILES string of the molecule is CCC(=O)OCC(O)COC(=O)C(C)(CC(C)(C)C)C(C)(C)S. The molecule has 0 fully saturated rings. The van der Waals surface area contributed by atoms with Crippen molar-refractivity contribution in [3.05, 3.63) is 0 Å². The molecule has 1 N–H and O–H groups in total. The van der Waals surface area contributed by atoms with Gasteiger partial charge < -0.3 is 14.6 Å². The van der Waals surface area contributed by atoms with E-state index in [4.69, 9.17) is 9.47 Å². The van der Waals surface area contributed by atoms with Gasteiger partial charge in [-0.2, -0.15) is 12.6 Å². The number of ether oxygens (including phenoxy) is 2. The van der Waals surface area contributed by atoms with E-state index in [-0.39, 0.29) is 25.0 Å². The van der Waals surface area contributed by atoms with Crippen LogP contribution in [-0.2, 0) is 19.1 Å². The number of carbonyl (C=O) groups excluding carboxylic acids is 2. The fraction of sp³-hybridized carbons (Fsp3) is 0.882. The molecule has 0 aromatic rings. The maximum Gasteiger partial charge on any atom is 0.313 e. The van der Waals surface area contributed by atoms with E-state index in [2.05, 4.69) is 33.4 Å². The van der Waals surface area contributed by atoms with Crippen LogP contribution in [0.1, 0.15) is 61.3 Å². The Morgan fingerprint density at radius 1 is 1.04 bits per heavy atom. The third kappa shape index (κ3) is 7.57. The number of hydrogen-bond acceptors (Lipinski definition) is 6. The van der Waals surface area contributed by atoms with Crippen LogP contribution in [0.3, 0.4) is 0 Å². The third-order valence-electron chi connectivity index (χ3n) is 3.82. The number of aliphatic hydroxyl groups excluding tert-OH is 1. The topological polar surface area (TPSA) is 72.8 Å². The highest BCUT2D eigenvalue weighted by molar-refractivity contribution is 7.81. The summed E-state index contributed by atoms with van der Waals surface area (Å²) < 4.78 is 9.52. The van der Waals surface area contributed by atoms with Gasteiger partial charge in [-0.15, -0.1) is 0 Å². The van der Waals surface area contributed by atoms with Crippen LogP contribution in [-0.4, -0.2) is 41.1 Å². The lowest BCUT2D eigenvalue weighted by molar-refractivity contribution is -0.163. The molecular weight excluding hydrogens is 316 g/mol. The minimum atomic E-state index is -1.03. The van der Waals surface area contributed by atoms with Crippen LogP contribution < -0.4 is 0 Å². The lowest BCUT2D eigenvalue weighted by atomic mass is 9.68. The fourth-order valence-electron chi connectivity index (χ4n) is 2.27. The third-order valence-corrected chi connectivity index (χ3v) is 4.31. The molecule has 2 unspecified atom stereocenters. The Bertz CT molecular complexity index is 408. The Labute approximate surface area is 145 Å². The number of rotatable bonds is 8. The highest BCUT2D eigenvalue weighted by atomic mass is 32.1. The lowest BCUT2D eigenvalue weighted by Crippen LogP contribution is -2.47. The van der Waals surface area contributed by atoms with Crippen molar-refractivity contribution in [1.29, 1.82) is 0 Å². The molecule has 136 valence electrons. The molecule has 5 nitrogen and oxygen atoms in total. The summed E-state index contributed by atoms with van der Waals surface area (Å²) in [5.41, 5.74) is -0.892. The number of esters is 2. The van der Waals surface area contributed by atoms with E-state index >= 15 is 0 Å². The summed E-state index contributed by atoms with van der Waals surface area (Å²) in [6, 6.07) is 0. The van der Waals surface area contributed by atoms with Crippen molar-refractivity contribution in [1.82, 2.24) is 0 Å². The van der Waals surface area contributed by atoms with Gasteiger partial charge in [0, 0.05) is 11.2 Å². The van der Waals surface area contributed by atoms with Gasteiger partial charge in [-0.3, -0.25) is 9.59 Å². The van der Waals surface area contributed by atoms with E-state index in [9.17, 15) is 14.7 Å². The molecule has 0 aliphatic heterocycles. The average Bonchev–Trinajstić information content (AvgIpc) is 2.38. The predicted molar refractivity (Wildman–Crippen MR) is 93.5 cm³/mol. The molecule has 0 rings (SSSR count). The average molecular weight is 349 g/mol. The van der Waals surface area contributed by atoms with Crippen molar-refractivity contribution in [2.45, 2.75) is 72.2 Å². The van der Waals surface area contributed by atoms with Crippen molar-refractivity contribution in [3.63, 3.8) is 0 Å². The van der Waals surface area contributed by atoms with Gasteiger partial charge in [0.1, 0.15) is 19.3 Å².